The summed E-state index contributed by atoms with van der Waals surface area (Å²) in [6, 6.07) is 27.7. The first-order valence-corrected chi connectivity index (χ1v) is 10.7. The number of rotatable bonds is 8. The Kier molecular flexibility index (Phi) is 6.61. The van der Waals surface area contributed by atoms with E-state index in [-0.39, 0.29) is 11.1 Å². The third-order valence-corrected chi connectivity index (χ3v) is 5.57. The number of carboxylic acids is 2. The van der Waals surface area contributed by atoms with Crippen molar-refractivity contribution in [3.8, 4) is 23.0 Å². The van der Waals surface area contributed by atoms with Crippen molar-refractivity contribution in [3.63, 3.8) is 0 Å². The third kappa shape index (κ3) is 5.93. The molecule has 0 spiro atoms. The highest BCUT2D eigenvalue weighted by atomic mass is 32.2. The zero-order valence-corrected chi connectivity index (χ0v) is 18.0. The Bertz CT molecular complexity index is 1150. The average Bonchev–Trinajstić information content (AvgIpc) is 2.82. The van der Waals surface area contributed by atoms with E-state index >= 15 is 0 Å². The molecule has 2 N–H and O–H groups in total. The van der Waals surface area contributed by atoms with Crippen LogP contribution in [0.3, 0.4) is 0 Å². The SMILES string of the molecule is O=C(O)c1ccc(Oc2ccc(Sc3ccc(Oc4ccc(C(=O)O)cc4)cc3)cc2)cc1. The molecule has 0 amide bonds. The lowest BCUT2D eigenvalue weighted by Crippen LogP contribution is -1.95. The monoisotopic (exact) mass is 458 g/mol. The van der Waals surface area contributed by atoms with Gasteiger partial charge in [0.1, 0.15) is 23.0 Å². The highest BCUT2D eigenvalue weighted by molar-refractivity contribution is 7.99. The first-order chi connectivity index (χ1) is 16.0. The van der Waals surface area contributed by atoms with Gasteiger partial charge in [0, 0.05) is 9.79 Å². The summed E-state index contributed by atoms with van der Waals surface area (Å²) in [5, 5.41) is 17.9. The molecule has 0 atom stereocenters. The predicted octanol–water partition coefficient (Wildman–Crippen LogP) is 6.82. The summed E-state index contributed by atoms with van der Waals surface area (Å²) >= 11 is 1.59. The average molecular weight is 458 g/mol. The number of carboxylic acid groups (broad SMARTS) is 2. The zero-order chi connectivity index (χ0) is 23.2. The van der Waals surface area contributed by atoms with E-state index in [9.17, 15) is 9.59 Å². The maximum Gasteiger partial charge on any atom is 0.335 e. The van der Waals surface area contributed by atoms with Gasteiger partial charge in [0.15, 0.2) is 0 Å². The molecule has 0 radical (unpaired) electrons. The second kappa shape index (κ2) is 9.93. The summed E-state index contributed by atoms with van der Waals surface area (Å²) in [5.74, 6) is 0.483. The third-order valence-electron chi connectivity index (χ3n) is 4.56. The molecule has 4 aromatic carbocycles. The Hall–Kier alpha value is -4.23. The van der Waals surface area contributed by atoms with Crippen LogP contribution >= 0.6 is 11.8 Å². The largest absolute Gasteiger partial charge is 0.478 e. The molecule has 0 aliphatic heterocycles. The Morgan fingerprint density at radius 3 is 1.03 bits per heavy atom. The molecule has 4 rings (SSSR count). The van der Waals surface area contributed by atoms with Crippen LogP contribution in [-0.4, -0.2) is 22.2 Å². The lowest BCUT2D eigenvalue weighted by molar-refractivity contribution is 0.0686. The van der Waals surface area contributed by atoms with Gasteiger partial charge in [-0.2, -0.15) is 0 Å². The number of ether oxygens (including phenoxy) is 2. The molecule has 0 saturated carbocycles. The number of aromatic carboxylic acids is 2. The van der Waals surface area contributed by atoms with E-state index in [4.69, 9.17) is 19.7 Å². The minimum atomic E-state index is -0.975. The van der Waals surface area contributed by atoms with Crippen LogP contribution in [0.2, 0.25) is 0 Å². The molecule has 0 aromatic heterocycles. The minimum absolute atomic E-state index is 0.210. The fourth-order valence-electron chi connectivity index (χ4n) is 2.89. The molecule has 6 nitrogen and oxygen atoms in total. The molecular weight excluding hydrogens is 440 g/mol. The maximum atomic E-state index is 10.9. The predicted molar refractivity (Wildman–Crippen MR) is 124 cm³/mol. The van der Waals surface area contributed by atoms with Crippen molar-refractivity contribution in [1.29, 1.82) is 0 Å². The molecule has 0 fully saturated rings. The molecule has 0 heterocycles. The summed E-state index contributed by atoms with van der Waals surface area (Å²) in [5.41, 5.74) is 0.420. The van der Waals surface area contributed by atoms with E-state index in [2.05, 4.69) is 0 Å². The van der Waals surface area contributed by atoms with E-state index in [0.29, 0.717) is 23.0 Å². The number of carbonyl (C=O) groups is 2. The fourth-order valence-corrected chi connectivity index (χ4v) is 3.71. The number of hydrogen-bond donors (Lipinski definition) is 2. The summed E-state index contributed by atoms with van der Waals surface area (Å²) in [6.45, 7) is 0. The normalized spacial score (nSPS) is 10.4. The van der Waals surface area contributed by atoms with Crippen molar-refractivity contribution in [3.05, 3.63) is 108 Å². The van der Waals surface area contributed by atoms with E-state index in [0.717, 1.165) is 9.79 Å². The van der Waals surface area contributed by atoms with Gasteiger partial charge in [0.25, 0.3) is 0 Å². The van der Waals surface area contributed by atoms with Crippen molar-refractivity contribution in [2.24, 2.45) is 0 Å². The van der Waals surface area contributed by atoms with E-state index in [1.807, 2.05) is 48.5 Å². The molecule has 164 valence electrons. The van der Waals surface area contributed by atoms with Gasteiger partial charge < -0.3 is 19.7 Å². The topological polar surface area (TPSA) is 93.1 Å². The smallest absolute Gasteiger partial charge is 0.335 e. The lowest BCUT2D eigenvalue weighted by Gasteiger charge is -2.08. The van der Waals surface area contributed by atoms with Crippen LogP contribution in [0, 0.1) is 0 Å². The first-order valence-electron chi connectivity index (χ1n) is 9.87. The van der Waals surface area contributed by atoms with Crippen molar-refractivity contribution in [1.82, 2.24) is 0 Å². The van der Waals surface area contributed by atoms with Crippen LogP contribution in [0.5, 0.6) is 23.0 Å². The number of benzene rings is 4. The van der Waals surface area contributed by atoms with Crippen LogP contribution in [0.1, 0.15) is 20.7 Å². The van der Waals surface area contributed by atoms with Gasteiger partial charge in [-0.05, 0) is 97.1 Å². The van der Waals surface area contributed by atoms with E-state index in [1.165, 1.54) is 24.3 Å². The van der Waals surface area contributed by atoms with Crippen molar-refractivity contribution in [2.75, 3.05) is 0 Å². The van der Waals surface area contributed by atoms with Gasteiger partial charge in [-0.15, -0.1) is 0 Å². The summed E-state index contributed by atoms with van der Waals surface area (Å²) in [6.07, 6.45) is 0. The fraction of sp³-hybridized carbons (Fsp3) is 0. The minimum Gasteiger partial charge on any atom is -0.478 e. The van der Waals surface area contributed by atoms with Crippen molar-refractivity contribution < 1.29 is 29.3 Å². The molecular formula is C26H18O6S. The van der Waals surface area contributed by atoms with E-state index < -0.39 is 11.9 Å². The van der Waals surface area contributed by atoms with Gasteiger partial charge in [0.05, 0.1) is 11.1 Å². The zero-order valence-electron chi connectivity index (χ0n) is 17.2. The van der Waals surface area contributed by atoms with Gasteiger partial charge in [0.2, 0.25) is 0 Å². The number of hydrogen-bond acceptors (Lipinski definition) is 5. The molecule has 33 heavy (non-hydrogen) atoms. The maximum absolute atomic E-state index is 10.9. The second-order valence-electron chi connectivity index (χ2n) is 6.91. The highest BCUT2D eigenvalue weighted by Crippen LogP contribution is 2.32. The van der Waals surface area contributed by atoms with Crippen molar-refractivity contribution >= 4 is 23.7 Å². The Morgan fingerprint density at radius 1 is 0.485 bits per heavy atom. The van der Waals surface area contributed by atoms with Crippen LogP contribution in [-0.2, 0) is 0 Å². The van der Waals surface area contributed by atoms with Gasteiger partial charge >= 0.3 is 11.9 Å². The molecule has 0 saturated heterocycles. The molecule has 0 bridgehead atoms. The highest BCUT2D eigenvalue weighted by Gasteiger charge is 2.05. The van der Waals surface area contributed by atoms with Crippen LogP contribution < -0.4 is 9.47 Å². The molecule has 0 aliphatic carbocycles. The molecule has 0 aliphatic rings. The van der Waals surface area contributed by atoms with Gasteiger partial charge in [-0.3, -0.25) is 0 Å². The van der Waals surface area contributed by atoms with Gasteiger partial charge in [-0.25, -0.2) is 9.59 Å². The molecule has 0 unspecified atom stereocenters. The quantitative estimate of drug-likeness (QED) is 0.299. The summed E-state index contributed by atoms with van der Waals surface area (Å²) in [7, 11) is 0. The molecule has 4 aromatic rings. The summed E-state index contributed by atoms with van der Waals surface area (Å²) in [4.78, 5) is 23.9. The first kappa shape index (κ1) is 22.0. The van der Waals surface area contributed by atoms with Crippen molar-refractivity contribution in [2.45, 2.75) is 9.79 Å². The lowest BCUT2D eigenvalue weighted by atomic mass is 10.2. The van der Waals surface area contributed by atoms with Crippen LogP contribution in [0.15, 0.2) is 107 Å². The standard InChI is InChI=1S/C26H18O6S/c27-25(28)17-1-5-19(6-2-17)31-21-9-13-23(14-10-21)33-24-15-11-22(12-16-24)32-20-7-3-18(4-8-20)26(29)30/h1-16H,(H,27,28)(H,29,30). The second-order valence-corrected chi connectivity index (χ2v) is 8.05. The van der Waals surface area contributed by atoms with Crippen LogP contribution in [0.4, 0.5) is 0 Å². The Morgan fingerprint density at radius 2 is 0.758 bits per heavy atom. The van der Waals surface area contributed by atoms with E-state index in [1.54, 1.807) is 36.0 Å². The van der Waals surface area contributed by atoms with Gasteiger partial charge in [-0.1, -0.05) is 11.8 Å². The van der Waals surface area contributed by atoms with Crippen LogP contribution in [0.25, 0.3) is 0 Å². The Labute approximate surface area is 194 Å². The summed E-state index contributed by atoms with van der Waals surface area (Å²) < 4.78 is 11.5. The molecule has 7 heteroatoms. The Balaban J connectivity index is 1.34.